The van der Waals surface area contributed by atoms with E-state index in [0.29, 0.717) is 23.7 Å². The normalized spacial score (nSPS) is 21.7. The van der Waals surface area contributed by atoms with E-state index in [0.717, 1.165) is 24.9 Å². The van der Waals surface area contributed by atoms with E-state index in [-0.39, 0.29) is 42.5 Å². The van der Waals surface area contributed by atoms with Gasteiger partial charge in [0, 0.05) is 52.4 Å². The second kappa shape index (κ2) is 15.0. The number of nitrogens with zero attached hydrogens (tertiary/aromatic N) is 3. The van der Waals surface area contributed by atoms with Crippen LogP contribution in [0.25, 0.3) is 0 Å². The quantitative estimate of drug-likeness (QED) is 0.483. The van der Waals surface area contributed by atoms with Gasteiger partial charge in [0.2, 0.25) is 10.0 Å². The van der Waals surface area contributed by atoms with Crippen molar-refractivity contribution in [3.8, 4) is 11.5 Å². The molecule has 0 radical (unpaired) electrons. The second-order valence-corrected chi connectivity index (χ2v) is 13.4. The molecule has 0 saturated heterocycles. The smallest absolute Gasteiger partial charge is 0.258 e. The van der Waals surface area contributed by atoms with Crippen LogP contribution in [-0.4, -0.2) is 101 Å². The van der Waals surface area contributed by atoms with Gasteiger partial charge in [-0.2, -0.15) is 4.31 Å². The third-order valence-electron chi connectivity index (χ3n) is 7.76. The van der Waals surface area contributed by atoms with Crippen molar-refractivity contribution in [2.24, 2.45) is 5.92 Å². The van der Waals surface area contributed by atoms with E-state index in [1.807, 2.05) is 51.0 Å². The number of amides is 1. The summed E-state index contributed by atoms with van der Waals surface area (Å²) in [4.78, 5) is 17.8. The van der Waals surface area contributed by atoms with Crippen LogP contribution in [0.2, 0.25) is 0 Å². The van der Waals surface area contributed by atoms with Gasteiger partial charge in [-0.15, -0.1) is 0 Å². The lowest BCUT2D eigenvalue weighted by Crippen LogP contribution is -2.48. The summed E-state index contributed by atoms with van der Waals surface area (Å²) in [5.41, 5.74) is 1.28. The van der Waals surface area contributed by atoms with Crippen molar-refractivity contribution in [2.45, 2.75) is 63.2 Å². The number of fused-ring (bicyclic) bond motifs is 1. The number of likely N-dealkylation sites (N-methyl/N-ethyl adjacent to an activating group) is 1. The maximum atomic E-state index is 14.1. The Balaban J connectivity index is 1.95. The number of hydrogen-bond donors (Lipinski definition) is 1. The lowest BCUT2D eigenvalue weighted by atomic mass is 10.0. The highest BCUT2D eigenvalue weighted by atomic mass is 32.2. The molecule has 11 heteroatoms. The maximum absolute atomic E-state index is 14.1. The van der Waals surface area contributed by atoms with Crippen molar-refractivity contribution < 1.29 is 32.5 Å². The Labute approximate surface area is 251 Å². The molecule has 1 aliphatic rings. The van der Waals surface area contributed by atoms with Crippen molar-refractivity contribution in [3.63, 3.8) is 0 Å². The first kappa shape index (κ1) is 33.6. The minimum absolute atomic E-state index is 0.103. The van der Waals surface area contributed by atoms with Gasteiger partial charge in [-0.1, -0.05) is 6.92 Å². The zero-order valence-electron chi connectivity index (χ0n) is 25.9. The number of rotatable bonds is 8. The molecular formula is C31H47N3O7S. The number of carbonyl (C=O) groups excluding carboxylic acids is 1. The van der Waals surface area contributed by atoms with Crippen LogP contribution < -0.4 is 14.4 Å². The fourth-order valence-electron chi connectivity index (χ4n) is 4.93. The average molecular weight is 606 g/mol. The van der Waals surface area contributed by atoms with Gasteiger partial charge in [0.25, 0.3) is 5.91 Å². The minimum Gasteiger partial charge on any atom is -0.497 e. The third-order valence-corrected chi connectivity index (χ3v) is 9.59. The standard InChI is InChI=1S/C31H47N3O7S/c1-22-19-34(23(2)21-35)31(36)28-18-25(32(4)5)11-16-29(28)41-24(3)10-8-9-17-40-30(22)20-33(6)42(37,38)27-14-12-26(39-7)13-15-27/h11-16,18,22-24,30,35H,8-10,17,19-21H2,1-7H3/t22-,23+,24-,30+/m1/s1. The fourth-order valence-corrected chi connectivity index (χ4v) is 6.11. The molecule has 0 bridgehead atoms. The summed E-state index contributed by atoms with van der Waals surface area (Å²) in [6.45, 7) is 6.31. The number of methoxy groups -OCH3 is 1. The van der Waals surface area contributed by atoms with E-state index in [1.165, 1.54) is 30.6 Å². The largest absolute Gasteiger partial charge is 0.497 e. The van der Waals surface area contributed by atoms with Gasteiger partial charge in [-0.3, -0.25) is 4.79 Å². The molecule has 234 valence electrons. The molecule has 0 aromatic heterocycles. The number of benzene rings is 2. The summed E-state index contributed by atoms with van der Waals surface area (Å²) < 4.78 is 45.9. The Morgan fingerprint density at radius 1 is 1.10 bits per heavy atom. The third kappa shape index (κ3) is 8.37. The fraction of sp³-hybridized carbons (Fsp3) is 0.581. The zero-order valence-corrected chi connectivity index (χ0v) is 26.8. The summed E-state index contributed by atoms with van der Waals surface area (Å²) in [6, 6.07) is 11.4. The van der Waals surface area contributed by atoms with Crippen molar-refractivity contribution in [3.05, 3.63) is 48.0 Å². The molecule has 0 spiro atoms. The van der Waals surface area contributed by atoms with Gasteiger partial charge >= 0.3 is 0 Å². The van der Waals surface area contributed by atoms with Crippen molar-refractivity contribution in [2.75, 3.05) is 59.5 Å². The van der Waals surface area contributed by atoms with Crippen molar-refractivity contribution in [1.29, 1.82) is 0 Å². The molecule has 1 amide bonds. The molecule has 0 aliphatic carbocycles. The van der Waals surface area contributed by atoms with E-state index >= 15 is 0 Å². The Bertz CT molecular complexity index is 1270. The number of aliphatic hydroxyl groups is 1. The average Bonchev–Trinajstić information content (AvgIpc) is 2.97. The lowest BCUT2D eigenvalue weighted by Gasteiger charge is -2.35. The minimum atomic E-state index is -3.80. The summed E-state index contributed by atoms with van der Waals surface area (Å²) >= 11 is 0. The van der Waals surface area contributed by atoms with Crippen LogP contribution in [-0.2, 0) is 14.8 Å². The topological polar surface area (TPSA) is 109 Å². The summed E-state index contributed by atoms with van der Waals surface area (Å²) in [7, 11) is 3.09. The highest BCUT2D eigenvalue weighted by molar-refractivity contribution is 7.89. The van der Waals surface area contributed by atoms with Gasteiger partial charge in [-0.05, 0) is 75.6 Å². The molecule has 1 N–H and O–H groups in total. The Kier molecular flexibility index (Phi) is 12.0. The van der Waals surface area contributed by atoms with Gasteiger partial charge in [-0.25, -0.2) is 8.42 Å². The van der Waals surface area contributed by atoms with Gasteiger partial charge < -0.3 is 29.1 Å². The number of sulfonamides is 1. The zero-order chi connectivity index (χ0) is 31.0. The van der Waals surface area contributed by atoms with Crippen LogP contribution in [0.1, 0.15) is 50.4 Å². The molecule has 42 heavy (non-hydrogen) atoms. The molecular weight excluding hydrogens is 558 g/mol. The molecule has 0 saturated carbocycles. The molecule has 3 rings (SSSR count). The van der Waals surface area contributed by atoms with Crippen LogP contribution in [0.15, 0.2) is 47.4 Å². The van der Waals surface area contributed by atoms with Gasteiger partial charge in [0.1, 0.15) is 11.5 Å². The Morgan fingerprint density at radius 3 is 2.40 bits per heavy atom. The lowest BCUT2D eigenvalue weighted by molar-refractivity contribution is -0.00833. The van der Waals surface area contributed by atoms with Gasteiger partial charge in [0.05, 0.1) is 42.4 Å². The molecule has 1 heterocycles. The number of aliphatic hydroxyl groups excluding tert-OH is 1. The SMILES string of the molecule is COc1ccc(S(=O)(=O)N(C)C[C@@H]2OCCCC[C@@H](C)Oc3ccc(N(C)C)cc3C(=O)N([C@@H](C)CO)C[C@H]2C)cc1. The molecule has 2 aromatic carbocycles. The first-order valence-corrected chi connectivity index (χ1v) is 15.9. The first-order chi connectivity index (χ1) is 19.9. The van der Waals surface area contributed by atoms with Gasteiger partial charge in [0.15, 0.2) is 0 Å². The summed E-state index contributed by atoms with van der Waals surface area (Å²) in [6.07, 6.45) is 1.80. The first-order valence-electron chi connectivity index (χ1n) is 14.5. The molecule has 10 nitrogen and oxygen atoms in total. The number of ether oxygens (including phenoxy) is 3. The highest BCUT2D eigenvalue weighted by Crippen LogP contribution is 2.29. The predicted octanol–water partition coefficient (Wildman–Crippen LogP) is 3.88. The Morgan fingerprint density at radius 2 is 1.79 bits per heavy atom. The van der Waals surface area contributed by atoms with Crippen LogP contribution in [0.4, 0.5) is 5.69 Å². The Hall–Kier alpha value is -2.86. The van der Waals surface area contributed by atoms with Crippen LogP contribution >= 0.6 is 0 Å². The van der Waals surface area contributed by atoms with Crippen LogP contribution in [0, 0.1) is 5.92 Å². The number of hydrogen-bond acceptors (Lipinski definition) is 8. The van der Waals surface area contributed by atoms with E-state index in [4.69, 9.17) is 14.2 Å². The summed E-state index contributed by atoms with van der Waals surface area (Å²) in [5, 5.41) is 10.1. The molecule has 0 fully saturated rings. The van der Waals surface area contributed by atoms with Crippen molar-refractivity contribution in [1.82, 2.24) is 9.21 Å². The van der Waals surface area contributed by atoms with E-state index in [9.17, 15) is 18.3 Å². The highest BCUT2D eigenvalue weighted by Gasteiger charge is 2.32. The van der Waals surface area contributed by atoms with E-state index in [1.54, 1.807) is 24.0 Å². The second-order valence-electron chi connectivity index (χ2n) is 11.3. The molecule has 4 atom stereocenters. The number of carbonyl (C=O) groups is 1. The predicted molar refractivity (Wildman–Crippen MR) is 164 cm³/mol. The summed E-state index contributed by atoms with van der Waals surface area (Å²) in [5.74, 6) is 0.571. The van der Waals surface area contributed by atoms with Crippen molar-refractivity contribution >= 4 is 21.6 Å². The van der Waals surface area contributed by atoms with Crippen LogP contribution in [0.3, 0.4) is 0 Å². The monoisotopic (exact) mass is 605 g/mol. The van der Waals surface area contributed by atoms with E-state index in [2.05, 4.69) is 0 Å². The van der Waals surface area contributed by atoms with Crippen LogP contribution in [0.5, 0.6) is 11.5 Å². The van der Waals surface area contributed by atoms with E-state index < -0.39 is 22.2 Å². The molecule has 2 aromatic rings. The maximum Gasteiger partial charge on any atom is 0.258 e. The molecule has 1 aliphatic heterocycles. The molecule has 0 unspecified atom stereocenters. The number of anilines is 1.